The zero-order chi connectivity index (χ0) is 15.2. The lowest BCUT2D eigenvalue weighted by Crippen LogP contribution is -2.18. The molecule has 0 radical (unpaired) electrons. The van der Waals surface area contributed by atoms with Gasteiger partial charge < -0.3 is 16.8 Å². The standard InChI is InChI=1S/C15H16N4O2/c16-9-12-7-11(5-6-18-12)15(21)19-13-4-2-1-3-10(13)8-14(17)20/h1-7H,8-9,16H2,(H2,17,20)(H,19,21). The van der Waals surface area contributed by atoms with Gasteiger partial charge in [0.15, 0.2) is 0 Å². The summed E-state index contributed by atoms with van der Waals surface area (Å²) in [7, 11) is 0. The van der Waals surface area contributed by atoms with Gasteiger partial charge in [0.05, 0.1) is 12.1 Å². The first-order valence-electron chi connectivity index (χ1n) is 6.42. The number of carbonyl (C=O) groups is 2. The third-order valence-electron chi connectivity index (χ3n) is 2.92. The van der Waals surface area contributed by atoms with Crippen LogP contribution < -0.4 is 16.8 Å². The van der Waals surface area contributed by atoms with Crippen LogP contribution in [0.3, 0.4) is 0 Å². The Labute approximate surface area is 122 Å². The van der Waals surface area contributed by atoms with E-state index in [9.17, 15) is 9.59 Å². The lowest BCUT2D eigenvalue weighted by Gasteiger charge is -2.10. The number of rotatable bonds is 5. The maximum Gasteiger partial charge on any atom is 0.255 e. The second kappa shape index (κ2) is 6.62. The van der Waals surface area contributed by atoms with Crippen LogP contribution in [0.5, 0.6) is 0 Å². The number of pyridine rings is 1. The van der Waals surface area contributed by atoms with Gasteiger partial charge >= 0.3 is 0 Å². The Morgan fingerprint density at radius 2 is 1.95 bits per heavy atom. The van der Waals surface area contributed by atoms with E-state index >= 15 is 0 Å². The summed E-state index contributed by atoms with van der Waals surface area (Å²) in [5.74, 6) is -0.741. The average Bonchev–Trinajstić information content (AvgIpc) is 2.48. The first-order chi connectivity index (χ1) is 10.1. The van der Waals surface area contributed by atoms with Crippen LogP contribution in [0.2, 0.25) is 0 Å². The minimum absolute atomic E-state index is 0.0703. The number of nitrogens with two attached hydrogens (primary N) is 2. The maximum absolute atomic E-state index is 12.2. The summed E-state index contributed by atoms with van der Waals surface area (Å²) < 4.78 is 0. The molecule has 0 saturated carbocycles. The third kappa shape index (κ3) is 3.87. The molecule has 0 aliphatic heterocycles. The number of hydrogen-bond donors (Lipinski definition) is 3. The van der Waals surface area contributed by atoms with Crippen LogP contribution in [0.4, 0.5) is 5.69 Å². The highest BCUT2D eigenvalue weighted by molar-refractivity contribution is 6.04. The SMILES string of the molecule is NCc1cc(C(=O)Nc2ccccc2CC(N)=O)ccn1. The molecule has 1 aromatic carbocycles. The van der Waals surface area contributed by atoms with Gasteiger partial charge in [-0.15, -0.1) is 0 Å². The molecular formula is C15H16N4O2. The Morgan fingerprint density at radius 1 is 1.19 bits per heavy atom. The number of aromatic nitrogens is 1. The maximum atomic E-state index is 12.2. The highest BCUT2D eigenvalue weighted by Crippen LogP contribution is 2.16. The quantitative estimate of drug-likeness (QED) is 0.754. The molecule has 6 nitrogen and oxygen atoms in total. The topological polar surface area (TPSA) is 111 Å². The van der Waals surface area contributed by atoms with E-state index in [1.807, 2.05) is 0 Å². The van der Waals surface area contributed by atoms with Crippen LogP contribution >= 0.6 is 0 Å². The van der Waals surface area contributed by atoms with Gasteiger partial charge in [0, 0.05) is 24.0 Å². The van der Waals surface area contributed by atoms with Crippen molar-refractivity contribution < 1.29 is 9.59 Å². The summed E-state index contributed by atoms with van der Waals surface area (Å²) in [6.45, 7) is 0.263. The Hall–Kier alpha value is -2.73. The number of para-hydroxylation sites is 1. The number of anilines is 1. The van der Waals surface area contributed by atoms with Crippen LogP contribution in [0.1, 0.15) is 21.6 Å². The highest BCUT2D eigenvalue weighted by Gasteiger charge is 2.10. The van der Waals surface area contributed by atoms with E-state index in [0.29, 0.717) is 22.5 Å². The number of amides is 2. The Balaban J connectivity index is 2.21. The fourth-order valence-electron chi connectivity index (χ4n) is 1.91. The fraction of sp³-hybridized carbons (Fsp3) is 0.133. The van der Waals surface area contributed by atoms with Crippen molar-refractivity contribution in [2.24, 2.45) is 11.5 Å². The number of hydrogen-bond acceptors (Lipinski definition) is 4. The normalized spacial score (nSPS) is 10.1. The predicted octanol–water partition coefficient (Wildman–Crippen LogP) is 0.820. The van der Waals surface area contributed by atoms with Crippen molar-refractivity contribution in [2.75, 3.05) is 5.32 Å². The highest BCUT2D eigenvalue weighted by atomic mass is 16.2. The molecule has 2 rings (SSSR count). The van der Waals surface area contributed by atoms with Gasteiger partial charge in [-0.3, -0.25) is 14.6 Å². The first-order valence-corrected chi connectivity index (χ1v) is 6.42. The molecule has 0 aliphatic carbocycles. The predicted molar refractivity (Wildman–Crippen MR) is 79.4 cm³/mol. The van der Waals surface area contributed by atoms with Crippen LogP contribution in [0.25, 0.3) is 0 Å². The lowest BCUT2D eigenvalue weighted by atomic mass is 10.1. The number of nitrogens with one attached hydrogen (secondary N) is 1. The summed E-state index contributed by atoms with van der Waals surface area (Å²) in [4.78, 5) is 27.3. The van der Waals surface area contributed by atoms with Crippen molar-refractivity contribution in [3.63, 3.8) is 0 Å². The van der Waals surface area contributed by atoms with Crippen LogP contribution in [-0.2, 0) is 17.8 Å². The van der Waals surface area contributed by atoms with Crippen LogP contribution in [0, 0.1) is 0 Å². The minimum Gasteiger partial charge on any atom is -0.369 e. The van der Waals surface area contributed by atoms with Crippen molar-refractivity contribution in [2.45, 2.75) is 13.0 Å². The second-order valence-corrected chi connectivity index (χ2v) is 4.49. The van der Waals surface area contributed by atoms with Crippen molar-refractivity contribution in [1.82, 2.24) is 4.98 Å². The molecule has 0 aliphatic rings. The van der Waals surface area contributed by atoms with Gasteiger partial charge in [0.1, 0.15) is 0 Å². The molecular weight excluding hydrogens is 268 g/mol. The summed E-state index contributed by atoms with van der Waals surface area (Å²) in [5, 5.41) is 2.77. The number of carbonyl (C=O) groups excluding carboxylic acids is 2. The van der Waals surface area contributed by atoms with Gasteiger partial charge in [-0.05, 0) is 23.8 Å². The molecule has 0 unspecified atom stereocenters. The second-order valence-electron chi connectivity index (χ2n) is 4.49. The molecule has 0 atom stereocenters. The molecule has 6 heteroatoms. The largest absolute Gasteiger partial charge is 0.369 e. The minimum atomic E-state index is -0.453. The average molecular weight is 284 g/mol. The Bertz CT molecular complexity index is 670. The van der Waals surface area contributed by atoms with Gasteiger partial charge in [-0.2, -0.15) is 0 Å². The molecule has 2 aromatic rings. The monoisotopic (exact) mass is 284 g/mol. The number of nitrogens with zero attached hydrogens (tertiary/aromatic N) is 1. The van der Waals surface area contributed by atoms with Crippen molar-refractivity contribution in [3.8, 4) is 0 Å². The van der Waals surface area contributed by atoms with E-state index in [1.54, 1.807) is 36.4 Å². The third-order valence-corrected chi connectivity index (χ3v) is 2.92. The molecule has 0 bridgehead atoms. The molecule has 5 N–H and O–H groups in total. The molecule has 0 fully saturated rings. The van der Waals surface area contributed by atoms with Crippen molar-refractivity contribution in [3.05, 3.63) is 59.4 Å². The van der Waals surface area contributed by atoms with Crippen LogP contribution in [0.15, 0.2) is 42.6 Å². The zero-order valence-electron chi connectivity index (χ0n) is 11.4. The summed E-state index contributed by atoms with van der Waals surface area (Å²) >= 11 is 0. The van der Waals surface area contributed by atoms with Crippen molar-refractivity contribution in [1.29, 1.82) is 0 Å². The Morgan fingerprint density at radius 3 is 2.67 bits per heavy atom. The number of primary amides is 1. The molecule has 1 heterocycles. The van der Waals surface area contributed by atoms with Crippen molar-refractivity contribution >= 4 is 17.5 Å². The summed E-state index contributed by atoms with van der Waals surface area (Å²) in [6, 6.07) is 10.3. The van der Waals surface area contributed by atoms with E-state index in [2.05, 4.69) is 10.3 Å². The summed E-state index contributed by atoms with van der Waals surface area (Å²) in [5.41, 5.74) is 13.0. The molecule has 21 heavy (non-hydrogen) atoms. The van der Waals surface area contributed by atoms with E-state index in [1.165, 1.54) is 6.20 Å². The molecule has 0 spiro atoms. The van der Waals surface area contributed by atoms with E-state index in [-0.39, 0.29) is 18.9 Å². The van der Waals surface area contributed by atoms with Gasteiger partial charge in [-0.1, -0.05) is 18.2 Å². The van der Waals surface area contributed by atoms with E-state index in [4.69, 9.17) is 11.5 Å². The molecule has 2 amide bonds. The van der Waals surface area contributed by atoms with E-state index in [0.717, 1.165) is 0 Å². The Kier molecular flexibility index (Phi) is 4.63. The van der Waals surface area contributed by atoms with Crippen LogP contribution in [-0.4, -0.2) is 16.8 Å². The first kappa shape index (κ1) is 14.7. The zero-order valence-corrected chi connectivity index (χ0v) is 11.4. The summed E-state index contributed by atoms with van der Waals surface area (Å²) in [6.07, 6.45) is 1.60. The lowest BCUT2D eigenvalue weighted by molar-refractivity contribution is -0.117. The smallest absolute Gasteiger partial charge is 0.255 e. The van der Waals surface area contributed by atoms with E-state index < -0.39 is 5.91 Å². The van der Waals surface area contributed by atoms with Gasteiger partial charge in [-0.25, -0.2) is 0 Å². The molecule has 1 aromatic heterocycles. The van der Waals surface area contributed by atoms with Gasteiger partial charge in [0.2, 0.25) is 5.91 Å². The van der Waals surface area contributed by atoms with Gasteiger partial charge in [0.25, 0.3) is 5.91 Å². The molecule has 0 saturated heterocycles. The fourth-order valence-corrected chi connectivity index (χ4v) is 1.91. The number of benzene rings is 1. The molecule has 108 valence electrons.